The van der Waals surface area contributed by atoms with Gasteiger partial charge in [0.1, 0.15) is 5.82 Å². The number of halogens is 1. The number of hydrogen-bond donors (Lipinski definition) is 1. The summed E-state index contributed by atoms with van der Waals surface area (Å²) < 4.78 is 12.8. The highest BCUT2D eigenvalue weighted by molar-refractivity contribution is 5.45. The quantitative estimate of drug-likeness (QED) is 0.808. The molecule has 0 spiro atoms. The van der Waals surface area contributed by atoms with Crippen LogP contribution in [0.25, 0.3) is 0 Å². The van der Waals surface area contributed by atoms with Gasteiger partial charge in [-0.3, -0.25) is 4.98 Å². The van der Waals surface area contributed by atoms with Crippen LogP contribution in [0.4, 0.5) is 10.1 Å². The third-order valence-electron chi connectivity index (χ3n) is 2.94. The number of nitrogens with one attached hydrogen (secondary N) is 1. The van der Waals surface area contributed by atoms with Crippen molar-refractivity contribution in [2.75, 3.05) is 25.0 Å². The van der Waals surface area contributed by atoms with E-state index in [-0.39, 0.29) is 5.82 Å². The summed E-state index contributed by atoms with van der Waals surface area (Å²) >= 11 is 0. The number of aromatic nitrogens is 1. The molecule has 4 heteroatoms. The fourth-order valence-electron chi connectivity index (χ4n) is 1.81. The molecule has 0 atom stereocenters. The molecule has 100 valence electrons. The molecule has 1 aromatic carbocycles. The van der Waals surface area contributed by atoms with E-state index >= 15 is 0 Å². The minimum Gasteiger partial charge on any atom is -0.373 e. The molecule has 1 N–H and O–H groups in total. The predicted molar refractivity (Wildman–Crippen MR) is 75.6 cm³/mol. The monoisotopic (exact) mass is 259 g/mol. The topological polar surface area (TPSA) is 28.2 Å². The van der Waals surface area contributed by atoms with Crippen LogP contribution in [0.2, 0.25) is 0 Å². The van der Waals surface area contributed by atoms with E-state index in [0.29, 0.717) is 0 Å². The molecule has 0 bridgehead atoms. The van der Waals surface area contributed by atoms with Gasteiger partial charge < -0.3 is 10.2 Å². The van der Waals surface area contributed by atoms with Gasteiger partial charge in [-0.1, -0.05) is 6.07 Å². The van der Waals surface area contributed by atoms with Crippen LogP contribution in [0, 0.1) is 5.82 Å². The first-order chi connectivity index (χ1) is 9.25. The van der Waals surface area contributed by atoms with Crippen LogP contribution in [0.3, 0.4) is 0 Å². The second kappa shape index (κ2) is 6.85. The average molecular weight is 259 g/mol. The number of anilines is 1. The maximum Gasteiger partial charge on any atom is 0.123 e. The fourth-order valence-corrected chi connectivity index (χ4v) is 1.81. The van der Waals surface area contributed by atoms with Crippen molar-refractivity contribution in [1.82, 2.24) is 10.3 Å². The van der Waals surface area contributed by atoms with Crippen molar-refractivity contribution in [2.24, 2.45) is 0 Å². The fraction of sp³-hybridized carbons (Fsp3) is 0.267. The first-order valence-corrected chi connectivity index (χ1v) is 6.32. The van der Waals surface area contributed by atoms with E-state index < -0.39 is 0 Å². The summed E-state index contributed by atoms with van der Waals surface area (Å²) in [5.41, 5.74) is 2.19. The molecule has 0 unspecified atom stereocenters. The lowest BCUT2D eigenvalue weighted by Gasteiger charge is -2.19. The molecule has 1 heterocycles. The Labute approximate surface area is 113 Å². The Morgan fingerprint density at radius 2 is 2.00 bits per heavy atom. The van der Waals surface area contributed by atoms with Crippen molar-refractivity contribution >= 4 is 5.69 Å². The Morgan fingerprint density at radius 1 is 1.21 bits per heavy atom. The Hall–Kier alpha value is -1.94. The van der Waals surface area contributed by atoms with Gasteiger partial charge in [0.15, 0.2) is 0 Å². The number of benzene rings is 1. The number of pyridine rings is 1. The van der Waals surface area contributed by atoms with Crippen molar-refractivity contribution in [3.63, 3.8) is 0 Å². The van der Waals surface area contributed by atoms with Crippen molar-refractivity contribution in [2.45, 2.75) is 6.54 Å². The molecule has 0 aliphatic carbocycles. The molecule has 0 saturated carbocycles. The van der Waals surface area contributed by atoms with Crippen LogP contribution < -0.4 is 10.2 Å². The highest BCUT2D eigenvalue weighted by atomic mass is 19.1. The number of hydrogen-bond acceptors (Lipinski definition) is 3. The predicted octanol–water partition coefficient (Wildman–Crippen LogP) is 2.45. The first-order valence-electron chi connectivity index (χ1n) is 6.32. The molecule has 3 nitrogen and oxygen atoms in total. The zero-order valence-electron chi connectivity index (χ0n) is 11.0. The van der Waals surface area contributed by atoms with Gasteiger partial charge in [-0.05, 0) is 35.9 Å². The van der Waals surface area contributed by atoms with Crippen molar-refractivity contribution in [3.8, 4) is 0 Å². The van der Waals surface area contributed by atoms with E-state index in [1.54, 1.807) is 18.3 Å². The average Bonchev–Trinajstić information content (AvgIpc) is 2.45. The van der Waals surface area contributed by atoms with E-state index in [2.05, 4.69) is 15.2 Å². The molecule has 2 rings (SSSR count). The minimum absolute atomic E-state index is 0.202. The molecular formula is C15H18FN3. The van der Waals surface area contributed by atoms with Crippen molar-refractivity contribution < 1.29 is 4.39 Å². The Kier molecular flexibility index (Phi) is 4.86. The number of likely N-dealkylation sites (N-methyl/N-ethyl adjacent to an activating group) is 1. The van der Waals surface area contributed by atoms with Crippen LogP contribution in [-0.4, -0.2) is 25.1 Å². The number of rotatable bonds is 6. The lowest BCUT2D eigenvalue weighted by molar-refractivity contribution is 0.627. The molecule has 0 radical (unpaired) electrons. The second-order valence-corrected chi connectivity index (χ2v) is 4.44. The Bertz CT molecular complexity index is 485. The minimum atomic E-state index is -0.202. The molecule has 0 amide bonds. The summed E-state index contributed by atoms with van der Waals surface area (Å²) in [5.74, 6) is -0.202. The molecule has 0 saturated heterocycles. The first kappa shape index (κ1) is 13.5. The summed E-state index contributed by atoms with van der Waals surface area (Å²) in [6.45, 7) is 2.54. The SMILES string of the molecule is CN(CCNCc1cccnc1)c1ccc(F)cc1. The summed E-state index contributed by atoms with van der Waals surface area (Å²) in [6.07, 6.45) is 3.63. The van der Waals surface area contributed by atoms with Gasteiger partial charge in [-0.2, -0.15) is 0 Å². The van der Waals surface area contributed by atoms with Crippen LogP contribution in [0.1, 0.15) is 5.56 Å². The van der Waals surface area contributed by atoms with Gasteiger partial charge in [-0.25, -0.2) is 4.39 Å². The van der Waals surface area contributed by atoms with Crippen LogP contribution in [0.5, 0.6) is 0 Å². The van der Waals surface area contributed by atoms with Gasteiger partial charge in [0.25, 0.3) is 0 Å². The van der Waals surface area contributed by atoms with Gasteiger partial charge in [0, 0.05) is 44.8 Å². The van der Waals surface area contributed by atoms with Crippen molar-refractivity contribution in [1.29, 1.82) is 0 Å². The summed E-state index contributed by atoms with van der Waals surface area (Å²) in [7, 11) is 2.00. The molecule has 1 aromatic heterocycles. The summed E-state index contributed by atoms with van der Waals surface area (Å²) in [6, 6.07) is 10.5. The molecule has 0 aliphatic rings. The third kappa shape index (κ3) is 4.34. The van der Waals surface area contributed by atoms with Crippen molar-refractivity contribution in [3.05, 3.63) is 60.2 Å². The largest absolute Gasteiger partial charge is 0.373 e. The van der Waals surface area contributed by atoms with Gasteiger partial charge >= 0.3 is 0 Å². The standard InChI is InChI=1S/C15H18FN3/c1-19(15-6-4-14(16)5-7-15)10-9-18-12-13-3-2-8-17-11-13/h2-8,11,18H,9-10,12H2,1H3. The normalized spacial score (nSPS) is 10.4. The van der Waals surface area contributed by atoms with Crippen LogP contribution >= 0.6 is 0 Å². The van der Waals surface area contributed by atoms with E-state index in [4.69, 9.17) is 0 Å². The summed E-state index contributed by atoms with van der Waals surface area (Å²) in [5, 5.41) is 3.36. The Morgan fingerprint density at radius 3 is 2.68 bits per heavy atom. The lowest BCUT2D eigenvalue weighted by atomic mass is 10.3. The van der Waals surface area contributed by atoms with Gasteiger partial charge in [0.05, 0.1) is 0 Å². The van der Waals surface area contributed by atoms with Crippen LogP contribution in [-0.2, 0) is 6.54 Å². The third-order valence-corrected chi connectivity index (χ3v) is 2.94. The smallest absolute Gasteiger partial charge is 0.123 e. The Balaban J connectivity index is 1.72. The van der Waals surface area contributed by atoms with Gasteiger partial charge in [0.2, 0.25) is 0 Å². The van der Waals surface area contributed by atoms with E-state index in [0.717, 1.165) is 25.3 Å². The second-order valence-electron chi connectivity index (χ2n) is 4.44. The molecule has 0 fully saturated rings. The highest BCUT2D eigenvalue weighted by Gasteiger charge is 2.00. The molecular weight excluding hydrogens is 241 g/mol. The summed E-state index contributed by atoms with van der Waals surface area (Å²) in [4.78, 5) is 6.16. The molecule has 19 heavy (non-hydrogen) atoms. The number of nitrogens with zero attached hydrogens (tertiary/aromatic N) is 2. The molecule has 0 aliphatic heterocycles. The lowest BCUT2D eigenvalue weighted by Crippen LogP contribution is -2.28. The van der Waals surface area contributed by atoms with E-state index in [1.807, 2.05) is 25.4 Å². The van der Waals surface area contributed by atoms with E-state index in [9.17, 15) is 4.39 Å². The zero-order chi connectivity index (χ0) is 13.5. The van der Waals surface area contributed by atoms with E-state index in [1.165, 1.54) is 17.7 Å². The zero-order valence-corrected chi connectivity index (χ0v) is 11.0. The molecule has 2 aromatic rings. The highest BCUT2D eigenvalue weighted by Crippen LogP contribution is 2.12. The maximum atomic E-state index is 12.8. The van der Waals surface area contributed by atoms with Gasteiger partial charge in [-0.15, -0.1) is 0 Å². The maximum absolute atomic E-state index is 12.8. The van der Waals surface area contributed by atoms with Crippen LogP contribution in [0.15, 0.2) is 48.8 Å².